The lowest BCUT2D eigenvalue weighted by molar-refractivity contribution is 0.0600. The maximum absolute atomic E-state index is 12.2. The standard InChI is InChI=1S/C22H25N3O5S/c1-14(2)12-13-30-18-10-8-16(9-11-18)20(27)24-25-22(31)23-19(26)15-4-6-17(7-5-15)21(28)29-3/h4-11,14H,12-13H2,1-3H3,(H,24,27)(H2,23,25,26,31). The molecule has 3 N–H and O–H groups in total. The van der Waals surface area contributed by atoms with Crippen LogP contribution in [0.2, 0.25) is 0 Å². The van der Waals surface area contributed by atoms with Gasteiger partial charge in [-0.25, -0.2) is 4.79 Å². The number of thiocarbonyl (C=S) groups is 1. The zero-order chi connectivity index (χ0) is 22.8. The number of benzene rings is 2. The molecule has 0 atom stereocenters. The van der Waals surface area contributed by atoms with Crippen molar-refractivity contribution < 1.29 is 23.9 Å². The van der Waals surface area contributed by atoms with E-state index in [0.29, 0.717) is 29.4 Å². The van der Waals surface area contributed by atoms with Gasteiger partial charge >= 0.3 is 5.97 Å². The number of nitrogens with one attached hydrogen (secondary N) is 3. The molecule has 0 aliphatic carbocycles. The highest BCUT2D eigenvalue weighted by Crippen LogP contribution is 2.13. The molecule has 0 saturated carbocycles. The van der Waals surface area contributed by atoms with Crippen molar-refractivity contribution in [1.29, 1.82) is 0 Å². The monoisotopic (exact) mass is 443 g/mol. The topological polar surface area (TPSA) is 106 Å². The molecule has 2 rings (SSSR count). The van der Waals surface area contributed by atoms with E-state index >= 15 is 0 Å². The van der Waals surface area contributed by atoms with E-state index in [2.05, 4.69) is 34.8 Å². The van der Waals surface area contributed by atoms with E-state index < -0.39 is 17.8 Å². The van der Waals surface area contributed by atoms with Gasteiger partial charge in [0.25, 0.3) is 11.8 Å². The Bertz CT molecular complexity index is 927. The fourth-order valence-corrected chi connectivity index (χ4v) is 2.53. The molecule has 0 fully saturated rings. The van der Waals surface area contributed by atoms with Crippen molar-refractivity contribution in [3.05, 3.63) is 65.2 Å². The molecular weight excluding hydrogens is 418 g/mol. The molecule has 0 radical (unpaired) electrons. The quantitative estimate of drug-likeness (QED) is 0.343. The highest BCUT2D eigenvalue weighted by molar-refractivity contribution is 7.80. The first-order chi connectivity index (χ1) is 14.8. The summed E-state index contributed by atoms with van der Waals surface area (Å²) in [6.45, 7) is 4.86. The van der Waals surface area contributed by atoms with Crippen molar-refractivity contribution in [3.8, 4) is 5.75 Å². The fraction of sp³-hybridized carbons (Fsp3) is 0.273. The van der Waals surface area contributed by atoms with Crippen molar-refractivity contribution in [2.75, 3.05) is 13.7 Å². The number of amides is 2. The lowest BCUT2D eigenvalue weighted by Gasteiger charge is -2.12. The maximum Gasteiger partial charge on any atom is 0.337 e. The molecule has 0 spiro atoms. The van der Waals surface area contributed by atoms with Gasteiger partial charge in [-0.05, 0) is 73.1 Å². The predicted molar refractivity (Wildman–Crippen MR) is 120 cm³/mol. The Balaban J connectivity index is 1.80. The van der Waals surface area contributed by atoms with Gasteiger partial charge in [0.05, 0.1) is 19.3 Å². The molecule has 0 heterocycles. The zero-order valence-electron chi connectivity index (χ0n) is 17.6. The Kier molecular flexibility index (Phi) is 8.95. The van der Waals surface area contributed by atoms with Crippen LogP contribution in [-0.2, 0) is 4.74 Å². The summed E-state index contributed by atoms with van der Waals surface area (Å²) in [5.41, 5.74) is 5.90. The fourth-order valence-electron chi connectivity index (χ4n) is 2.38. The van der Waals surface area contributed by atoms with E-state index in [9.17, 15) is 14.4 Å². The minimum atomic E-state index is -0.498. The van der Waals surface area contributed by atoms with Gasteiger partial charge in [0.15, 0.2) is 5.11 Å². The molecule has 0 unspecified atom stereocenters. The third-order valence-corrected chi connectivity index (χ3v) is 4.37. The van der Waals surface area contributed by atoms with Gasteiger partial charge in [-0.1, -0.05) is 13.8 Å². The number of ether oxygens (including phenoxy) is 2. The number of methoxy groups -OCH3 is 1. The Morgan fingerprint density at radius 1 is 0.871 bits per heavy atom. The Labute approximate surface area is 186 Å². The smallest absolute Gasteiger partial charge is 0.337 e. The summed E-state index contributed by atoms with van der Waals surface area (Å²) in [7, 11) is 1.28. The molecule has 0 bridgehead atoms. The van der Waals surface area contributed by atoms with Crippen LogP contribution in [0.4, 0.5) is 0 Å². The Hall–Kier alpha value is -3.46. The van der Waals surface area contributed by atoms with Crippen molar-refractivity contribution in [2.24, 2.45) is 5.92 Å². The number of hydrazine groups is 1. The Morgan fingerprint density at radius 3 is 2.00 bits per heavy atom. The van der Waals surface area contributed by atoms with Gasteiger partial charge < -0.3 is 9.47 Å². The van der Waals surface area contributed by atoms with Gasteiger partial charge in [0, 0.05) is 11.1 Å². The van der Waals surface area contributed by atoms with E-state index in [4.69, 9.17) is 17.0 Å². The molecule has 164 valence electrons. The van der Waals surface area contributed by atoms with Crippen molar-refractivity contribution >= 4 is 35.1 Å². The second kappa shape index (κ2) is 11.7. The van der Waals surface area contributed by atoms with Gasteiger partial charge in [-0.15, -0.1) is 0 Å². The second-order valence-electron chi connectivity index (χ2n) is 6.99. The largest absolute Gasteiger partial charge is 0.494 e. The molecule has 0 aliphatic rings. The van der Waals surface area contributed by atoms with E-state index in [1.54, 1.807) is 24.3 Å². The third kappa shape index (κ3) is 7.71. The zero-order valence-corrected chi connectivity index (χ0v) is 18.4. The summed E-state index contributed by atoms with van der Waals surface area (Å²) >= 11 is 5.02. The van der Waals surface area contributed by atoms with Crippen LogP contribution in [0.1, 0.15) is 51.3 Å². The van der Waals surface area contributed by atoms with Gasteiger partial charge in [0.2, 0.25) is 0 Å². The minimum Gasteiger partial charge on any atom is -0.494 e. The number of rotatable bonds is 7. The summed E-state index contributed by atoms with van der Waals surface area (Å²) < 4.78 is 10.2. The lowest BCUT2D eigenvalue weighted by Crippen LogP contribution is -2.48. The normalized spacial score (nSPS) is 10.2. The van der Waals surface area contributed by atoms with Crippen LogP contribution in [0.15, 0.2) is 48.5 Å². The number of hydrogen-bond donors (Lipinski definition) is 3. The predicted octanol–water partition coefficient (Wildman–Crippen LogP) is 2.85. The van der Waals surface area contributed by atoms with E-state index in [1.807, 2.05) is 0 Å². The molecule has 31 heavy (non-hydrogen) atoms. The molecule has 0 aliphatic heterocycles. The van der Waals surface area contributed by atoms with Gasteiger partial charge in [-0.3, -0.25) is 25.8 Å². The third-order valence-electron chi connectivity index (χ3n) is 4.17. The van der Waals surface area contributed by atoms with Crippen molar-refractivity contribution in [2.45, 2.75) is 20.3 Å². The van der Waals surface area contributed by atoms with E-state index in [0.717, 1.165) is 6.42 Å². The summed E-state index contributed by atoms with van der Waals surface area (Å²) in [4.78, 5) is 35.9. The molecule has 0 saturated heterocycles. The first-order valence-corrected chi connectivity index (χ1v) is 10.0. The van der Waals surface area contributed by atoms with Crippen LogP contribution in [-0.4, -0.2) is 36.6 Å². The highest BCUT2D eigenvalue weighted by atomic mass is 32.1. The number of carbonyl (C=O) groups is 3. The highest BCUT2D eigenvalue weighted by Gasteiger charge is 2.11. The first-order valence-electron chi connectivity index (χ1n) is 9.63. The molecule has 9 heteroatoms. The van der Waals surface area contributed by atoms with Crippen LogP contribution in [0.25, 0.3) is 0 Å². The van der Waals surface area contributed by atoms with Crippen LogP contribution in [0, 0.1) is 5.92 Å². The SMILES string of the molecule is COC(=O)c1ccc(C(=O)NC(=S)NNC(=O)c2ccc(OCCC(C)C)cc2)cc1. The van der Waals surface area contributed by atoms with Crippen LogP contribution in [0.3, 0.4) is 0 Å². The van der Waals surface area contributed by atoms with E-state index in [1.165, 1.54) is 31.4 Å². The van der Waals surface area contributed by atoms with Crippen LogP contribution in [0.5, 0.6) is 5.75 Å². The average Bonchev–Trinajstić information content (AvgIpc) is 2.77. The van der Waals surface area contributed by atoms with Crippen LogP contribution < -0.4 is 20.9 Å². The average molecular weight is 444 g/mol. The number of esters is 1. The minimum absolute atomic E-state index is 0.0796. The number of carbonyl (C=O) groups excluding carboxylic acids is 3. The number of hydrogen-bond acceptors (Lipinski definition) is 6. The lowest BCUT2D eigenvalue weighted by atomic mass is 10.1. The summed E-state index contributed by atoms with van der Waals surface area (Å²) in [5, 5.41) is 2.36. The Morgan fingerprint density at radius 2 is 1.42 bits per heavy atom. The van der Waals surface area contributed by atoms with Gasteiger partial charge in [0.1, 0.15) is 5.75 Å². The van der Waals surface area contributed by atoms with Crippen molar-refractivity contribution in [1.82, 2.24) is 16.2 Å². The maximum atomic E-state index is 12.2. The van der Waals surface area contributed by atoms with E-state index in [-0.39, 0.29) is 10.7 Å². The summed E-state index contributed by atoms with van der Waals surface area (Å²) in [6, 6.07) is 12.6. The first kappa shape index (κ1) is 23.8. The summed E-state index contributed by atoms with van der Waals surface area (Å²) in [6.07, 6.45) is 0.949. The molecular formula is C22H25N3O5S. The molecule has 2 aromatic carbocycles. The molecule has 2 aromatic rings. The molecule has 0 aromatic heterocycles. The summed E-state index contributed by atoms with van der Waals surface area (Å²) in [5.74, 6) is -0.174. The van der Waals surface area contributed by atoms with Gasteiger partial charge in [-0.2, -0.15) is 0 Å². The second-order valence-corrected chi connectivity index (χ2v) is 7.39. The van der Waals surface area contributed by atoms with Crippen LogP contribution >= 0.6 is 12.2 Å². The van der Waals surface area contributed by atoms with Crippen molar-refractivity contribution in [3.63, 3.8) is 0 Å². The molecule has 2 amide bonds. The molecule has 8 nitrogen and oxygen atoms in total.